The minimum atomic E-state index is -1.34. The van der Waals surface area contributed by atoms with Crippen molar-refractivity contribution in [1.29, 1.82) is 0 Å². The molecule has 0 amide bonds. The summed E-state index contributed by atoms with van der Waals surface area (Å²) in [6, 6.07) is 2.54. The Bertz CT molecular complexity index is 458. The molecule has 0 saturated carbocycles. The minimum Gasteiger partial charge on any atom is -0.478 e. The quantitative estimate of drug-likeness (QED) is 0.417. The smallest absolute Gasteiger partial charge is 0.338 e. The van der Waals surface area contributed by atoms with Gasteiger partial charge in [-0.1, -0.05) is 0 Å². The van der Waals surface area contributed by atoms with Crippen LogP contribution in [0.25, 0.3) is 0 Å². The molecule has 0 fully saturated rings. The number of nitrogens with one attached hydrogen (secondary N) is 1. The normalized spacial score (nSPS) is 10.4. The molecule has 98 valence electrons. The molecule has 0 atom stereocenters. The number of aromatic carboxylic acids is 1. The van der Waals surface area contributed by atoms with Crippen LogP contribution in [0, 0.1) is 10.1 Å². The number of carbonyl (C=O) groups is 1. The van der Waals surface area contributed by atoms with E-state index >= 15 is 0 Å². The van der Waals surface area contributed by atoms with Crippen molar-refractivity contribution in [2.45, 2.75) is 6.04 Å². The molecule has 0 unspecified atom stereocenters. The Morgan fingerprint density at radius 3 is 2.44 bits per heavy atom. The van der Waals surface area contributed by atoms with Crippen molar-refractivity contribution >= 4 is 17.3 Å². The van der Waals surface area contributed by atoms with Crippen LogP contribution >= 0.6 is 0 Å². The topological polar surface area (TPSA) is 133 Å². The van der Waals surface area contributed by atoms with Gasteiger partial charge in [-0.05, 0) is 6.07 Å². The fourth-order valence-corrected chi connectivity index (χ4v) is 1.32. The van der Waals surface area contributed by atoms with E-state index in [1.165, 1.54) is 6.07 Å². The first kappa shape index (κ1) is 13.9. The standard InChI is InChI=1S/C10H12N2O6/c13-4-6(5-14)11-9-2-1-7(12(17)18)3-8(9)10(15)16/h1-3,6,11,13-14H,4-5H2,(H,15,16). The van der Waals surface area contributed by atoms with Gasteiger partial charge in [0, 0.05) is 17.8 Å². The Morgan fingerprint density at radius 2 is 2.00 bits per heavy atom. The summed E-state index contributed by atoms with van der Waals surface area (Å²) in [6.07, 6.45) is 0. The minimum absolute atomic E-state index is 0.0983. The number of carboxylic acid groups (broad SMARTS) is 1. The van der Waals surface area contributed by atoms with E-state index < -0.39 is 30.1 Å². The number of non-ortho nitro benzene ring substituents is 1. The molecule has 4 N–H and O–H groups in total. The Morgan fingerprint density at radius 1 is 1.39 bits per heavy atom. The first-order chi connectivity index (χ1) is 8.49. The zero-order valence-electron chi connectivity index (χ0n) is 9.24. The summed E-state index contributed by atoms with van der Waals surface area (Å²) < 4.78 is 0. The zero-order chi connectivity index (χ0) is 13.7. The van der Waals surface area contributed by atoms with Crippen molar-refractivity contribution in [2.75, 3.05) is 18.5 Å². The number of aliphatic hydroxyl groups is 2. The summed E-state index contributed by atoms with van der Waals surface area (Å²) in [4.78, 5) is 20.8. The maximum Gasteiger partial charge on any atom is 0.338 e. The maximum absolute atomic E-state index is 11.0. The number of hydrogen-bond donors (Lipinski definition) is 4. The third-order valence-corrected chi connectivity index (χ3v) is 2.24. The first-order valence-corrected chi connectivity index (χ1v) is 4.99. The highest BCUT2D eigenvalue weighted by atomic mass is 16.6. The van der Waals surface area contributed by atoms with Gasteiger partial charge in [-0.25, -0.2) is 4.79 Å². The molecular formula is C10H12N2O6. The molecule has 0 spiro atoms. The molecule has 0 aromatic heterocycles. The van der Waals surface area contributed by atoms with Gasteiger partial charge in [0.25, 0.3) is 5.69 Å². The highest BCUT2D eigenvalue weighted by Gasteiger charge is 2.17. The molecule has 0 aliphatic heterocycles. The van der Waals surface area contributed by atoms with Crippen molar-refractivity contribution in [3.63, 3.8) is 0 Å². The Hall–Kier alpha value is -2.19. The summed E-state index contributed by atoms with van der Waals surface area (Å²) >= 11 is 0. The van der Waals surface area contributed by atoms with E-state index in [4.69, 9.17) is 15.3 Å². The SMILES string of the molecule is O=C(O)c1cc([N+](=O)[O-])ccc1NC(CO)CO. The largest absolute Gasteiger partial charge is 0.478 e. The van der Waals surface area contributed by atoms with Crippen LogP contribution in [0.3, 0.4) is 0 Å². The van der Waals surface area contributed by atoms with Crippen molar-refractivity contribution in [3.05, 3.63) is 33.9 Å². The van der Waals surface area contributed by atoms with Crippen LogP contribution in [-0.4, -0.2) is 45.5 Å². The van der Waals surface area contributed by atoms with E-state index in [9.17, 15) is 14.9 Å². The number of carboxylic acids is 1. The van der Waals surface area contributed by atoms with Crippen LogP contribution in [0.4, 0.5) is 11.4 Å². The number of benzene rings is 1. The maximum atomic E-state index is 11.0. The number of nitrogens with zero attached hydrogens (tertiary/aromatic N) is 1. The second-order valence-electron chi connectivity index (χ2n) is 3.50. The van der Waals surface area contributed by atoms with Gasteiger partial charge in [-0.15, -0.1) is 0 Å². The van der Waals surface area contributed by atoms with Gasteiger partial charge in [0.2, 0.25) is 0 Å². The summed E-state index contributed by atoms with van der Waals surface area (Å²) in [5, 5.41) is 39.8. The predicted octanol–water partition coefficient (Wildman–Crippen LogP) is 0.0581. The van der Waals surface area contributed by atoms with Gasteiger partial charge in [0.1, 0.15) is 0 Å². The third-order valence-electron chi connectivity index (χ3n) is 2.24. The summed E-state index contributed by atoms with van der Waals surface area (Å²) in [5.74, 6) is -1.34. The monoisotopic (exact) mass is 256 g/mol. The van der Waals surface area contributed by atoms with Crippen molar-refractivity contribution < 1.29 is 25.0 Å². The second-order valence-corrected chi connectivity index (χ2v) is 3.50. The van der Waals surface area contributed by atoms with Gasteiger partial charge in [-0.3, -0.25) is 10.1 Å². The summed E-state index contributed by atoms with van der Waals surface area (Å²) in [6.45, 7) is -0.793. The number of nitro benzene ring substituents is 1. The molecule has 1 aromatic rings. The van der Waals surface area contributed by atoms with E-state index in [0.717, 1.165) is 12.1 Å². The summed E-state index contributed by atoms with van der Waals surface area (Å²) in [7, 11) is 0. The lowest BCUT2D eigenvalue weighted by Crippen LogP contribution is -2.28. The molecular weight excluding hydrogens is 244 g/mol. The first-order valence-electron chi connectivity index (χ1n) is 4.99. The predicted molar refractivity (Wildman–Crippen MR) is 61.6 cm³/mol. The van der Waals surface area contributed by atoms with Gasteiger partial charge in [0.15, 0.2) is 0 Å². The lowest BCUT2D eigenvalue weighted by atomic mass is 10.1. The van der Waals surface area contributed by atoms with Crippen molar-refractivity contribution in [2.24, 2.45) is 0 Å². The average Bonchev–Trinajstić information content (AvgIpc) is 2.35. The van der Waals surface area contributed by atoms with E-state index in [-0.39, 0.29) is 16.9 Å². The third kappa shape index (κ3) is 3.15. The number of nitro groups is 1. The Balaban J connectivity index is 3.11. The number of rotatable bonds is 6. The average molecular weight is 256 g/mol. The molecule has 0 aliphatic rings. The highest BCUT2D eigenvalue weighted by Crippen LogP contribution is 2.22. The number of hydrogen-bond acceptors (Lipinski definition) is 6. The van der Waals surface area contributed by atoms with E-state index in [1.54, 1.807) is 0 Å². The van der Waals surface area contributed by atoms with E-state index in [1.807, 2.05) is 0 Å². The molecule has 1 rings (SSSR count). The molecule has 8 heteroatoms. The molecule has 0 bridgehead atoms. The van der Waals surface area contributed by atoms with Gasteiger partial charge in [-0.2, -0.15) is 0 Å². The Kier molecular flexibility index (Phi) is 4.58. The van der Waals surface area contributed by atoms with Crippen LogP contribution in [0.1, 0.15) is 10.4 Å². The molecule has 0 heterocycles. The van der Waals surface area contributed by atoms with E-state index in [2.05, 4.69) is 5.32 Å². The van der Waals surface area contributed by atoms with Crippen LogP contribution in [0.2, 0.25) is 0 Å². The molecule has 8 nitrogen and oxygen atoms in total. The van der Waals surface area contributed by atoms with Crippen molar-refractivity contribution in [1.82, 2.24) is 0 Å². The lowest BCUT2D eigenvalue weighted by molar-refractivity contribution is -0.384. The summed E-state index contributed by atoms with van der Waals surface area (Å²) in [5.41, 5.74) is -0.542. The molecule has 0 aliphatic carbocycles. The van der Waals surface area contributed by atoms with Gasteiger partial charge in [0.05, 0.1) is 29.7 Å². The second kappa shape index (κ2) is 5.94. The highest BCUT2D eigenvalue weighted by molar-refractivity contribution is 5.95. The number of aliphatic hydroxyl groups excluding tert-OH is 2. The van der Waals surface area contributed by atoms with Crippen LogP contribution in [-0.2, 0) is 0 Å². The van der Waals surface area contributed by atoms with Gasteiger partial charge < -0.3 is 20.6 Å². The van der Waals surface area contributed by atoms with E-state index in [0.29, 0.717) is 0 Å². The molecule has 0 saturated heterocycles. The zero-order valence-corrected chi connectivity index (χ0v) is 9.24. The fourth-order valence-electron chi connectivity index (χ4n) is 1.32. The van der Waals surface area contributed by atoms with Gasteiger partial charge >= 0.3 is 5.97 Å². The molecule has 18 heavy (non-hydrogen) atoms. The van der Waals surface area contributed by atoms with Crippen LogP contribution in [0.5, 0.6) is 0 Å². The molecule has 0 radical (unpaired) electrons. The number of anilines is 1. The van der Waals surface area contributed by atoms with Crippen molar-refractivity contribution in [3.8, 4) is 0 Å². The molecule has 1 aromatic carbocycles. The fraction of sp³-hybridized carbons (Fsp3) is 0.300. The lowest BCUT2D eigenvalue weighted by Gasteiger charge is -2.16. The van der Waals surface area contributed by atoms with Crippen LogP contribution in [0.15, 0.2) is 18.2 Å². The Labute approximate surface area is 102 Å². The van der Waals surface area contributed by atoms with Crippen LogP contribution < -0.4 is 5.32 Å².